The van der Waals surface area contributed by atoms with E-state index in [1.165, 1.54) is 17.4 Å². The van der Waals surface area contributed by atoms with Crippen LogP contribution in [0.25, 0.3) is 11.3 Å². The van der Waals surface area contributed by atoms with Crippen LogP contribution in [0.2, 0.25) is 0 Å². The SMILES string of the molecule is Cc1cccc(-c2cncc(C3CCN(S(C)(=O)=O)CC3)n2)c1C. The molecule has 6 heteroatoms. The van der Waals surface area contributed by atoms with Gasteiger partial charge in [0.05, 0.1) is 23.8 Å². The number of hydrogen-bond acceptors (Lipinski definition) is 4. The molecule has 1 aliphatic heterocycles. The van der Waals surface area contributed by atoms with Crippen LogP contribution in [0.15, 0.2) is 30.6 Å². The van der Waals surface area contributed by atoms with Crippen LogP contribution in [-0.4, -0.2) is 42.0 Å². The number of sulfonamides is 1. The molecule has 0 amide bonds. The van der Waals surface area contributed by atoms with Gasteiger partial charge in [-0.15, -0.1) is 0 Å². The molecule has 24 heavy (non-hydrogen) atoms. The van der Waals surface area contributed by atoms with Gasteiger partial charge in [-0.3, -0.25) is 4.98 Å². The number of aryl methyl sites for hydroxylation is 1. The molecule has 1 aliphatic rings. The van der Waals surface area contributed by atoms with Gasteiger partial charge in [0, 0.05) is 30.8 Å². The highest BCUT2D eigenvalue weighted by molar-refractivity contribution is 7.88. The van der Waals surface area contributed by atoms with Crippen molar-refractivity contribution in [2.24, 2.45) is 0 Å². The molecule has 1 aromatic carbocycles. The van der Waals surface area contributed by atoms with Crippen LogP contribution in [0.4, 0.5) is 0 Å². The Morgan fingerprint density at radius 3 is 2.50 bits per heavy atom. The summed E-state index contributed by atoms with van der Waals surface area (Å²) in [4.78, 5) is 9.21. The van der Waals surface area contributed by atoms with Crippen molar-refractivity contribution in [1.82, 2.24) is 14.3 Å². The van der Waals surface area contributed by atoms with Crippen LogP contribution in [-0.2, 0) is 10.0 Å². The molecule has 0 N–H and O–H groups in total. The molecular formula is C18H23N3O2S. The van der Waals surface area contributed by atoms with Gasteiger partial charge in [0.25, 0.3) is 0 Å². The Hall–Kier alpha value is -1.79. The molecule has 128 valence electrons. The third kappa shape index (κ3) is 3.49. The van der Waals surface area contributed by atoms with Gasteiger partial charge in [-0.05, 0) is 37.8 Å². The fourth-order valence-corrected chi connectivity index (χ4v) is 4.09. The van der Waals surface area contributed by atoms with E-state index in [9.17, 15) is 8.42 Å². The summed E-state index contributed by atoms with van der Waals surface area (Å²) >= 11 is 0. The molecule has 0 unspecified atom stereocenters. The largest absolute Gasteiger partial charge is 0.261 e. The second kappa shape index (κ2) is 6.61. The summed E-state index contributed by atoms with van der Waals surface area (Å²) in [5.41, 5.74) is 5.41. The summed E-state index contributed by atoms with van der Waals surface area (Å²) in [7, 11) is -3.10. The highest BCUT2D eigenvalue weighted by atomic mass is 32.2. The number of benzene rings is 1. The van der Waals surface area contributed by atoms with Gasteiger partial charge in [-0.1, -0.05) is 18.2 Å². The minimum absolute atomic E-state index is 0.264. The normalized spacial score (nSPS) is 17.1. The van der Waals surface area contributed by atoms with E-state index in [0.29, 0.717) is 13.1 Å². The maximum Gasteiger partial charge on any atom is 0.211 e. The van der Waals surface area contributed by atoms with Gasteiger partial charge < -0.3 is 0 Å². The first-order valence-electron chi connectivity index (χ1n) is 8.20. The van der Waals surface area contributed by atoms with Crippen molar-refractivity contribution in [3.63, 3.8) is 0 Å². The summed E-state index contributed by atoms with van der Waals surface area (Å²) in [5, 5.41) is 0. The molecule has 0 bridgehead atoms. The van der Waals surface area contributed by atoms with E-state index in [1.54, 1.807) is 10.5 Å². The molecule has 0 spiro atoms. The lowest BCUT2D eigenvalue weighted by atomic mass is 9.94. The van der Waals surface area contributed by atoms with Crippen LogP contribution in [0.3, 0.4) is 0 Å². The number of piperidine rings is 1. The molecule has 1 fully saturated rings. The molecule has 0 saturated carbocycles. The van der Waals surface area contributed by atoms with Crippen LogP contribution in [0.1, 0.15) is 35.6 Å². The average Bonchev–Trinajstić information content (AvgIpc) is 2.57. The van der Waals surface area contributed by atoms with E-state index >= 15 is 0 Å². The summed E-state index contributed by atoms with van der Waals surface area (Å²) in [6.07, 6.45) is 6.47. The lowest BCUT2D eigenvalue weighted by Crippen LogP contribution is -2.37. The Balaban J connectivity index is 1.83. The van der Waals surface area contributed by atoms with Crippen molar-refractivity contribution in [1.29, 1.82) is 0 Å². The number of nitrogens with zero attached hydrogens (tertiary/aromatic N) is 3. The first-order valence-corrected chi connectivity index (χ1v) is 10.0. The van der Waals surface area contributed by atoms with Gasteiger partial charge in [0.1, 0.15) is 0 Å². The second-order valence-electron chi connectivity index (χ2n) is 6.51. The Kier molecular flexibility index (Phi) is 4.69. The minimum atomic E-state index is -3.10. The van der Waals surface area contributed by atoms with Crippen LogP contribution >= 0.6 is 0 Å². The molecule has 2 aromatic rings. The molecule has 0 radical (unpaired) electrons. The quantitative estimate of drug-likeness (QED) is 0.858. The average molecular weight is 345 g/mol. The summed E-state index contributed by atoms with van der Waals surface area (Å²) in [6, 6.07) is 6.20. The van der Waals surface area contributed by atoms with Crippen LogP contribution < -0.4 is 0 Å². The van der Waals surface area contributed by atoms with E-state index in [0.717, 1.165) is 29.8 Å². The molecular weight excluding hydrogens is 322 g/mol. The number of aromatic nitrogens is 2. The molecule has 5 nitrogen and oxygen atoms in total. The lowest BCUT2D eigenvalue weighted by Gasteiger charge is -2.29. The first-order chi connectivity index (χ1) is 11.4. The number of rotatable bonds is 3. The van der Waals surface area contributed by atoms with Crippen LogP contribution in [0.5, 0.6) is 0 Å². The van der Waals surface area contributed by atoms with E-state index in [1.807, 2.05) is 12.3 Å². The predicted molar refractivity (Wildman–Crippen MR) is 95.3 cm³/mol. The first kappa shape index (κ1) is 17.0. The van der Waals surface area contributed by atoms with E-state index in [-0.39, 0.29) is 5.92 Å². The zero-order valence-corrected chi connectivity index (χ0v) is 15.2. The summed E-state index contributed by atoms with van der Waals surface area (Å²) in [5.74, 6) is 0.264. The molecule has 0 aliphatic carbocycles. The Bertz CT molecular complexity index is 841. The van der Waals surface area contributed by atoms with Crippen molar-refractivity contribution in [2.45, 2.75) is 32.6 Å². The Labute approximate surface area is 143 Å². The topological polar surface area (TPSA) is 63.2 Å². The van der Waals surface area contributed by atoms with Gasteiger partial charge >= 0.3 is 0 Å². The summed E-state index contributed by atoms with van der Waals surface area (Å²) < 4.78 is 24.8. The van der Waals surface area contributed by atoms with Gasteiger partial charge in [-0.25, -0.2) is 17.7 Å². The van der Waals surface area contributed by atoms with Gasteiger partial charge in [0.2, 0.25) is 10.0 Å². The molecule has 3 rings (SSSR count). The fourth-order valence-electron chi connectivity index (χ4n) is 3.22. The van der Waals surface area contributed by atoms with E-state index in [4.69, 9.17) is 4.98 Å². The van der Waals surface area contributed by atoms with Gasteiger partial charge in [0.15, 0.2) is 0 Å². The third-order valence-electron chi connectivity index (χ3n) is 4.87. The third-order valence-corrected chi connectivity index (χ3v) is 6.18. The molecule has 1 aromatic heterocycles. The van der Waals surface area contributed by atoms with Crippen molar-refractivity contribution in [3.8, 4) is 11.3 Å². The monoisotopic (exact) mass is 345 g/mol. The zero-order chi connectivity index (χ0) is 17.3. The predicted octanol–water partition coefficient (Wildman–Crippen LogP) is 2.90. The minimum Gasteiger partial charge on any atom is -0.261 e. The second-order valence-corrected chi connectivity index (χ2v) is 8.50. The Morgan fingerprint density at radius 1 is 1.12 bits per heavy atom. The molecule has 0 atom stereocenters. The smallest absolute Gasteiger partial charge is 0.211 e. The van der Waals surface area contributed by atoms with Crippen molar-refractivity contribution in [2.75, 3.05) is 19.3 Å². The molecule has 1 saturated heterocycles. The van der Waals surface area contributed by atoms with E-state index in [2.05, 4.69) is 31.0 Å². The Morgan fingerprint density at radius 2 is 1.83 bits per heavy atom. The zero-order valence-electron chi connectivity index (χ0n) is 14.4. The fraction of sp³-hybridized carbons (Fsp3) is 0.444. The van der Waals surface area contributed by atoms with Crippen LogP contribution in [0, 0.1) is 13.8 Å². The maximum absolute atomic E-state index is 11.6. The maximum atomic E-state index is 11.6. The van der Waals surface area contributed by atoms with E-state index < -0.39 is 10.0 Å². The van der Waals surface area contributed by atoms with Crippen molar-refractivity contribution < 1.29 is 8.42 Å². The highest BCUT2D eigenvalue weighted by Crippen LogP contribution is 2.30. The molecule has 2 heterocycles. The highest BCUT2D eigenvalue weighted by Gasteiger charge is 2.26. The number of hydrogen-bond donors (Lipinski definition) is 0. The standard InChI is InChI=1S/C18H23N3O2S/c1-13-5-4-6-16(14(13)2)18-12-19-11-17(20-18)15-7-9-21(10-8-15)24(3,22)23/h4-6,11-12,15H,7-10H2,1-3H3. The van der Waals surface area contributed by atoms with Gasteiger partial charge in [-0.2, -0.15) is 0 Å². The summed E-state index contributed by atoms with van der Waals surface area (Å²) in [6.45, 7) is 5.30. The van der Waals surface area contributed by atoms with Crippen molar-refractivity contribution in [3.05, 3.63) is 47.4 Å². The lowest BCUT2D eigenvalue weighted by molar-refractivity contribution is 0.318. The van der Waals surface area contributed by atoms with Crippen molar-refractivity contribution >= 4 is 10.0 Å².